The van der Waals surface area contributed by atoms with E-state index >= 15 is 0 Å². The Morgan fingerprint density at radius 1 is 1.36 bits per heavy atom. The van der Waals surface area contributed by atoms with Crippen LogP contribution in [0.2, 0.25) is 0 Å². The highest BCUT2D eigenvalue weighted by atomic mass is 35.5. The Morgan fingerprint density at radius 2 is 2.05 bits per heavy atom. The topological polar surface area (TPSA) is 50.4 Å². The molecule has 1 aromatic rings. The Bertz CT molecular complexity index is 529. The SMILES string of the molecule is CCOc1c(F)cccc1C(=O)NC1CC2CCC(C1)N2.Cl. The fourth-order valence-corrected chi connectivity index (χ4v) is 3.42. The van der Waals surface area contributed by atoms with Crippen LogP contribution in [0.25, 0.3) is 0 Å². The van der Waals surface area contributed by atoms with Gasteiger partial charge in [-0.1, -0.05) is 6.07 Å². The van der Waals surface area contributed by atoms with Crippen molar-refractivity contribution in [3.63, 3.8) is 0 Å². The molecule has 4 nitrogen and oxygen atoms in total. The maximum absolute atomic E-state index is 13.8. The van der Waals surface area contributed by atoms with Gasteiger partial charge in [0.15, 0.2) is 11.6 Å². The summed E-state index contributed by atoms with van der Waals surface area (Å²) < 4.78 is 19.1. The van der Waals surface area contributed by atoms with E-state index in [2.05, 4.69) is 10.6 Å². The van der Waals surface area contributed by atoms with E-state index in [4.69, 9.17) is 4.74 Å². The van der Waals surface area contributed by atoms with Gasteiger partial charge in [0.05, 0.1) is 12.2 Å². The molecule has 2 heterocycles. The van der Waals surface area contributed by atoms with Crippen LogP contribution in [0.15, 0.2) is 18.2 Å². The van der Waals surface area contributed by atoms with Crippen LogP contribution in [0, 0.1) is 5.82 Å². The summed E-state index contributed by atoms with van der Waals surface area (Å²) in [4.78, 5) is 12.4. The van der Waals surface area contributed by atoms with Crippen LogP contribution < -0.4 is 15.4 Å². The highest BCUT2D eigenvalue weighted by Crippen LogP contribution is 2.28. The predicted octanol–water partition coefficient (Wildman–Crippen LogP) is 2.66. The van der Waals surface area contributed by atoms with Gasteiger partial charge in [-0.15, -0.1) is 12.4 Å². The fourth-order valence-electron chi connectivity index (χ4n) is 3.42. The van der Waals surface area contributed by atoms with E-state index in [-0.39, 0.29) is 35.7 Å². The predicted molar refractivity (Wildman–Crippen MR) is 85.3 cm³/mol. The zero-order chi connectivity index (χ0) is 14.8. The number of rotatable bonds is 4. The largest absolute Gasteiger partial charge is 0.490 e. The molecule has 0 saturated carbocycles. The second-order valence-corrected chi connectivity index (χ2v) is 5.83. The van der Waals surface area contributed by atoms with E-state index in [0.29, 0.717) is 18.7 Å². The van der Waals surface area contributed by atoms with Crippen molar-refractivity contribution in [3.8, 4) is 5.75 Å². The minimum atomic E-state index is -0.491. The van der Waals surface area contributed by atoms with E-state index in [9.17, 15) is 9.18 Å². The van der Waals surface area contributed by atoms with Crippen molar-refractivity contribution in [3.05, 3.63) is 29.6 Å². The van der Waals surface area contributed by atoms with Crippen molar-refractivity contribution >= 4 is 18.3 Å². The van der Waals surface area contributed by atoms with Gasteiger partial charge >= 0.3 is 0 Å². The highest BCUT2D eigenvalue weighted by molar-refractivity contribution is 5.97. The van der Waals surface area contributed by atoms with Crippen molar-refractivity contribution in [1.82, 2.24) is 10.6 Å². The molecule has 2 unspecified atom stereocenters. The van der Waals surface area contributed by atoms with E-state index in [1.165, 1.54) is 18.9 Å². The van der Waals surface area contributed by atoms with Gasteiger partial charge in [-0.2, -0.15) is 0 Å². The number of benzene rings is 1. The molecule has 2 fully saturated rings. The third-order valence-electron chi connectivity index (χ3n) is 4.31. The lowest BCUT2D eigenvalue weighted by Gasteiger charge is -2.29. The zero-order valence-electron chi connectivity index (χ0n) is 12.6. The van der Waals surface area contributed by atoms with Crippen molar-refractivity contribution in [2.45, 2.75) is 50.7 Å². The van der Waals surface area contributed by atoms with Gasteiger partial charge in [0, 0.05) is 18.1 Å². The Morgan fingerprint density at radius 3 is 2.68 bits per heavy atom. The lowest BCUT2D eigenvalue weighted by atomic mass is 9.99. The molecule has 1 amide bonds. The van der Waals surface area contributed by atoms with Gasteiger partial charge in [0.25, 0.3) is 5.91 Å². The number of hydrogen-bond donors (Lipinski definition) is 2. The lowest BCUT2D eigenvalue weighted by molar-refractivity contribution is 0.0919. The summed E-state index contributed by atoms with van der Waals surface area (Å²) in [5, 5.41) is 6.57. The highest BCUT2D eigenvalue weighted by Gasteiger charge is 2.34. The molecule has 2 N–H and O–H groups in total. The molecular formula is C16H22ClFN2O2. The molecule has 122 valence electrons. The number of nitrogens with one attached hydrogen (secondary N) is 2. The van der Waals surface area contributed by atoms with Crippen LogP contribution in [-0.2, 0) is 0 Å². The quantitative estimate of drug-likeness (QED) is 0.893. The second-order valence-electron chi connectivity index (χ2n) is 5.83. The summed E-state index contributed by atoms with van der Waals surface area (Å²) in [5.41, 5.74) is 0.280. The maximum Gasteiger partial charge on any atom is 0.255 e. The molecule has 2 aliphatic rings. The summed E-state index contributed by atoms with van der Waals surface area (Å²) in [6.07, 6.45) is 4.26. The first-order valence-electron chi connectivity index (χ1n) is 7.65. The van der Waals surface area contributed by atoms with Gasteiger partial charge < -0.3 is 15.4 Å². The van der Waals surface area contributed by atoms with Crippen LogP contribution in [-0.4, -0.2) is 30.6 Å². The Labute approximate surface area is 136 Å². The normalized spacial score (nSPS) is 26.2. The molecule has 0 radical (unpaired) electrons. The second kappa shape index (κ2) is 7.29. The van der Waals surface area contributed by atoms with Crippen LogP contribution >= 0.6 is 12.4 Å². The van der Waals surface area contributed by atoms with E-state index in [0.717, 1.165) is 12.8 Å². The number of piperidine rings is 1. The van der Waals surface area contributed by atoms with Gasteiger partial charge in [-0.25, -0.2) is 4.39 Å². The molecule has 22 heavy (non-hydrogen) atoms. The Hall–Kier alpha value is -1.33. The molecule has 6 heteroatoms. The monoisotopic (exact) mass is 328 g/mol. The number of amides is 1. The molecule has 1 aromatic carbocycles. The van der Waals surface area contributed by atoms with Crippen molar-refractivity contribution < 1.29 is 13.9 Å². The van der Waals surface area contributed by atoms with Gasteiger partial charge in [-0.05, 0) is 44.7 Å². The first-order valence-corrected chi connectivity index (χ1v) is 7.65. The zero-order valence-corrected chi connectivity index (χ0v) is 13.4. The van der Waals surface area contributed by atoms with Crippen molar-refractivity contribution in [2.24, 2.45) is 0 Å². The molecule has 0 aromatic heterocycles. The maximum atomic E-state index is 13.8. The lowest BCUT2D eigenvalue weighted by Crippen LogP contribution is -2.48. The van der Waals surface area contributed by atoms with Crippen LogP contribution in [0.1, 0.15) is 43.0 Å². The van der Waals surface area contributed by atoms with Crippen molar-refractivity contribution in [2.75, 3.05) is 6.61 Å². The van der Waals surface area contributed by atoms with Crippen LogP contribution in [0.5, 0.6) is 5.75 Å². The fraction of sp³-hybridized carbons (Fsp3) is 0.562. The summed E-state index contributed by atoms with van der Waals surface area (Å²) >= 11 is 0. The summed E-state index contributed by atoms with van der Waals surface area (Å²) in [7, 11) is 0. The number of carbonyl (C=O) groups excluding carboxylic acids is 1. The van der Waals surface area contributed by atoms with E-state index in [1.807, 2.05) is 0 Å². The molecular weight excluding hydrogens is 307 g/mol. The smallest absolute Gasteiger partial charge is 0.255 e. The van der Waals surface area contributed by atoms with E-state index in [1.54, 1.807) is 19.1 Å². The molecule has 0 spiro atoms. The third-order valence-corrected chi connectivity index (χ3v) is 4.31. The molecule has 2 bridgehead atoms. The standard InChI is InChI=1S/C16H21FN2O2.ClH/c1-2-21-15-13(4-3-5-14(15)17)16(20)19-12-8-10-6-7-11(9-12)18-10;/h3-5,10-12,18H,2,6-9H2,1H3,(H,19,20);1H. The summed E-state index contributed by atoms with van der Waals surface area (Å²) in [6, 6.07) is 5.64. The molecule has 2 saturated heterocycles. The number of carbonyl (C=O) groups is 1. The first kappa shape index (κ1) is 17.0. The first-order chi connectivity index (χ1) is 10.2. The molecule has 3 rings (SSSR count). The van der Waals surface area contributed by atoms with Crippen LogP contribution in [0.4, 0.5) is 4.39 Å². The third kappa shape index (κ3) is 3.52. The minimum absolute atomic E-state index is 0. The van der Waals surface area contributed by atoms with Gasteiger partial charge in [-0.3, -0.25) is 4.79 Å². The average Bonchev–Trinajstić information content (AvgIpc) is 2.80. The number of ether oxygens (including phenoxy) is 1. The van der Waals surface area contributed by atoms with Gasteiger partial charge in [0.1, 0.15) is 0 Å². The number of para-hydroxylation sites is 1. The Balaban J connectivity index is 0.00000176. The number of fused-ring (bicyclic) bond motifs is 2. The molecule has 2 atom stereocenters. The minimum Gasteiger partial charge on any atom is -0.490 e. The average molecular weight is 329 g/mol. The van der Waals surface area contributed by atoms with Crippen LogP contribution in [0.3, 0.4) is 0 Å². The Kier molecular flexibility index (Phi) is 5.64. The number of hydrogen-bond acceptors (Lipinski definition) is 3. The summed E-state index contributed by atoms with van der Waals surface area (Å²) in [6.45, 7) is 2.11. The van der Waals surface area contributed by atoms with Crippen molar-refractivity contribution in [1.29, 1.82) is 0 Å². The van der Waals surface area contributed by atoms with E-state index < -0.39 is 5.82 Å². The summed E-state index contributed by atoms with van der Waals surface area (Å²) in [5.74, 6) is -0.687. The molecule has 2 aliphatic heterocycles. The molecule has 0 aliphatic carbocycles. The number of halogens is 2. The van der Waals surface area contributed by atoms with Gasteiger partial charge in [0.2, 0.25) is 0 Å².